The highest BCUT2D eigenvalue weighted by atomic mass is 16.4. The molecule has 3 aromatic rings. The van der Waals surface area contributed by atoms with E-state index >= 15 is 0 Å². The summed E-state index contributed by atoms with van der Waals surface area (Å²) in [6.07, 6.45) is 1.48. The van der Waals surface area contributed by atoms with Crippen molar-refractivity contribution in [3.05, 3.63) is 53.9 Å². The van der Waals surface area contributed by atoms with Crippen molar-refractivity contribution in [2.24, 2.45) is 0 Å². The molecule has 2 aromatic carbocycles. The third-order valence-corrected chi connectivity index (χ3v) is 3.05. The van der Waals surface area contributed by atoms with E-state index in [-0.39, 0.29) is 16.8 Å². The van der Waals surface area contributed by atoms with Crippen LogP contribution in [0.2, 0.25) is 0 Å². The highest BCUT2D eigenvalue weighted by Crippen LogP contribution is 2.18. The maximum atomic E-state index is 10.7. The third kappa shape index (κ3) is 3.38. The van der Waals surface area contributed by atoms with Gasteiger partial charge in [-0.05, 0) is 24.3 Å². The van der Waals surface area contributed by atoms with E-state index in [9.17, 15) is 9.59 Å². The van der Waals surface area contributed by atoms with Crippen LogP contribution in [0.1, 0.15) is 20.7 Å². The van der Waals surface area contributed by atoms with Gasteiger partial charge < -0.3 is 26.7 Å². The molecule has 8 heteroatoms. The van der Waals surface area contributed by atoms with E-state index < -0.39 is 11.9 Å². The fourth-order valence-corrected chi connectivity index (χ4v) is 1.91. The van der Waals surface area contributed by atoms with Crippen molar-refractivity contribution in [3.8, 4) is 0 Å². The molecule has 0 bridgehead atoms. The van der Waals surface area contributed by atoms with Gasteiger partial charge in [-0.3, -0.25) is 0 Å². The van der Waals surface area contributed by atoms with Gasteiger partial charge in [0.2, 0.25) is 0 Å². The van der Waals surface area contributed by atoms with E-state index in [4.69, 9.17) is 21.7 Å². The summed E-state index contributed by atoms with van der Waals surface area (Å²) in [4.78, 5) is 27.8. The van der Waals surface area contributed by atoms with Gasteiger partial charge in [-0.2, -0.15) is 0 Å². The molecular formula is C15H14N4O4. The number of aromatic amines is 1. The summed E-state index contributed by atoms with van der Waals surface area (Å²) in [7, 11) is 0. The first-order chi connectivity index (χ1) is 10.9. The molecule has 0 saturated heterocycles. The summed E-state index contributed by atoms with van der Waals surface area (Å²) in [6.45, 7) is 0. The van der Waals surface area contributed by atoms with Crippen molar-refractivity contribution in [1.29, 1.82) is 0 Å². The van der Waals surface area contributed by atoms with Crippen LogP contribution in [0.3, 0.4) is 0 Å². The molecule has 1 aromatic heterocycles. The number of hydrogen-bond acceptors (Lipinski definition) is 5. The zero-order valence-electron chi connectivity index (χ0n) is 11.9. The Hall–Kier alpha value is -3.55. The van der Waals surface area contributed by atoms with Gasteiger partial charge in [-0.1, -0.05) is 12.1 Å². The number of imidazole rings is 1. The van der Waals surface area contributed by atoms with Gasteiger partial charge in [0.15, 0.2) is 0 Å². The smallest absolute Gasteiger partial charge is 0.337 e. The molecule has 0 spiro atoms. The summed E-state index contributed by atoms with van der Waals surface area (Å²) in [5.41, 5.74) is 12.7. The number of hydrogen-bond donors (Lipinski definition) is 5. The summed E-state index contributed by atoms with van der Waals surface area (Å²) >= 11 is 0. The Morgan fingerprint density at radius 2 is 1.57 bits per heavy atom. The zero-order valence-corrected chi connectivity index (χ0v) is 11.9. The van der Waals surface area contributed by atoms with Gasteiger partial charge >= 0.3 is 11.9 Å². The number of nitrogens with zero attached hydrogens (tertiary/aromatic N) is 1. The molecule has 0 radical (unpaired) electrons. The number of nitrogen functional groups attached to an aromatic ring is 2. The molecule has 0 aliphatic heterocycles. The lowest BCUT2D eigenvalue weighted by molar-refractivity contribution is 0.0687. The van der Waals surface area contributed by atoms with E-state index in [2.05, 4.69) is 9.97 Å². The number of nitrogens with two attached hydrogens (primary N) is 2. The number of H-pyrrole nitrogens is 1. The fraction of sp³-hybridized carbons (Fsp3) is 0. The van der Waals surface area contributed by atoms with Crippen molar-refractivity contribution in [2.75, 3.05) is 11.5 Å². The van der Waals surface area contributed by atoms with Crippen molar-refractivity contribution >= 4 is 34.3 Å². The van der Waals surface area contributed by atoms with Crippen molar-refractivity contribution in [2.45, 2.75) is 0 Å². The van der Waals surface area contributed by atoms with Crippen LogP contribution < -0.4 is 11.5 Å². The highest BCUT2D eigenvalue weighted by Gasteiger charge is 2.09. The van der Waals surface area contributed by atoms with Crippen molar-refractivity contribution in [3.63, 3.8) is 0 Å². The van der Waals surface area contributed by atoms with Gasteiger partial charge in [0.05, 0.1) is 34.3 Å². The molecule has 0 unspecified atom stereocenters. The molecule has 0 fully saturated rings. The molecule has 0 atom stereocenters. The Morgan fingerprint density at radius 1 is 0.957 bits per heavy atom. The standard InChI is InChI=1S/C8H6N2O2.C7H8N2O2/c11-8(12)5-2-1-3-6-7(5)10-4-9-6;8-5-3-1-2-4(6(5)9)7(10)11/h1-4H,(H,9,10)(H,11,12);1-3H,8-9H2,(H,10,11). The number of carbonyl (C=O) groups is 2. The number of nitrogens with one attached hydrogen (secondary N) is 1. The molecule has 0 aliphatic carbocycles. The Labute approximate surface area is 130 Å². The van der Waals surface area contributed by atoms with E-state index in [0.29, 0.717) is 11.2 Å². The van der Waals surface area contributed by atoms with Crippen LogP contribution in [-0.2, 0) is 0 Å². The molecule has 118 valence electrons. The predicted octanol–water partition coefficient (Wildman–Crippen LogP) is 1.81. The Kier molecular flexibility index (Phi) is 4.46. The van der Waals surface area contributed by atoms with E-state index in [1.165, 1.54) is 18.5 Å². The monoisotopic (exact) mass is 314 g/mol. The number of fused-ring (bicyclic) bond motifs is 1. The normalized spacial score (nSPS) is 9.91. The molecule has 23 heavy (non-hydrogen) atoms. The maximum absolute atomic E-state index is 10.7. The lowest BCUT2D eigenvalue weighted by atomic mass is 10.1. The van der Waals surface area contributed by atoms with Crippen LogP contribution in [0.4, 0.5) is 11.4 Å². The van der Waals surface area contributed by atoms with E-state index in [1.54, 1.807) is 24.3 Å². The molecular weight excluding hydrogens is 300 g/mol. The van der Waals surface area contributed by atoms with Crippen LogP contribution >= 0.6 is 0 Å². The number of carboxylic acids is 2. The van der Waals surface area contributed by atoms with Crippen molar-refractivity contribution in [1.82, 2.24) is 9.97 Å². The molecule has 1 heterocycles. The maximum Gasteiger partial charge on any atom is 0.337 e. The minimum absolute atomic E-state index is 0.0463. The fourth-order valence-electron chi connectivity index (χ4n) is 1.91. The third-order valence-electron chi connectivity index (χ3n) is 3.05. The number of benzene rings is 2. The van der Waals surface area contributed by atoms with Crippen LogP contribution in [-0.4, -0.2) is 32.1 Å². The van der Waals surface area contributed by atoms with Crippen LogP contribution in [0.25, 0.3) is 11.0 Å². The van der Waals surface area contributed by atoms with Gasteiger partial charge in [-0.15, -0.1) is 0 Å². The molecule has 0 amide bonds. The van der Waals surface area contributed by atoms with Gasteiger partial charge in [0.1, 0.15) is 5.52 Å². The second-order valence-corrected chi connectivity index (χ2v) is 4.52. The molecule has 0 aliphatic rings. The van der Waals surface area contributed by atoms with Gasteiger partial charge in [0.25, 0.3) is 0 Å². The Bertz CT molecular complexity index is 873. The predicted molar refractivity (Wildman–Crippen MR) is 85.3 cm³/mol. The molecule has 3 rings (SSSR count). The van der Waals surface area contributed by atoms with Gasteiger partial charge in [-0.25, -0.2) is 14.6 Å². The zero-order chi connectivity index (χ0) is 17.0. The minimum atomic E-state index is -1.06. The van der Waals surface area contributed by atoms with Crippen LogP contribution in [0.15, 0.2) is 42.7 Å². The van der Waals surface area contributed by atoms with Crippen LogP contribution in [0.5, 0.6) is 0 Å². The SMILES string of the molecule is Nc1cccc(C(=O)O)c1N.O=C(O)c1cccc2[nH]cnc12. The molecule has 0 saturated carbocycles. The molecule has 8 nitrogen and oxygen atoms in total. The minimum Gasteiger partial charge on any atom is -0.478 e. The number of anilines is 2. The number of aromatic nitrogens is 2. The summed E-state index contributed by atoms with van der Waals surface area (Å²) in [6, 6.07) is 9.52. The van der Waals surface area contributed by atoms with E-state index in [1.807, 2.05) is 0 Å². The number of aromatic carboxylic acids is 2. The first kappa shape index (κ1) is 15.8. The Balaban J connectivity index is 0.000000168. The van der Waals surface area contributed by atoms with Gasteiger partial charge in [0, 0.05) is 0 Å². The second-order valence-electron chi connectivity index (χ2n) is 4.52. The number of rotatable bonds is 2. The molecule has 7 N–H and O–H groups in total. The van der Waals surface area contributed by atoms with E-state index in [0.717, 1.165) is 5.52 Å². The average Bonchev–Trinajstić information content (AvgIpc) is 2.98. The quantitative estimate of drug-likeness (QED) is 0.451. The van der Waals surface area contributed by atoms with Crippen LogP contribution in [0, 0.1) is 0 Å². The summed E-state index contributed by atoms with van der Waals surface area (Å²) < 4.78 is 0. The lowest BCUT2D eigenvalue weighted by Gasteiger charge is -2.01. The number of carboxylic acid groups (broad SMARTS) is 2. The Morgan fingerprint density at radius 3 is 2.17 bits per heavy atom. The summed E-state index contributed by atoms with van der Waals surface area (Å²) in [5.74, 6) is -2.01. The summed E-state index contributed by atoms with van der Waals surface area (Å²) in [5, 5.41) is 17.3. The topological polar surface area (TPSA) is 155 Å². The second kappa shape index (κ2) is 6.48. The number of para-hydroxylation sites is 2. The largest absolute Gasteiger partial charge is 0.478 e. The lowest BCUT2D eigenvalue weighted by Crippen LogP contribution is -2.04. The first-order valence-corrected chi connectivity index (χ1v) is 6.44. The van der Waals surface area contributed by atoms with Crippen molar-refractivity contribution < 1.29 is 19.8 Å². The highest BCUT2D eigenvalue weighted by molar-refractivity contribution is 6.00. The average molecular weight is 314 g/mol. The first-order valence-electron chi connectivity index (χ1n) is 6.44.